The van der Waals surface area contributed by atoms with Gasteiger partial charge in [-0.3, -0.25) is 0 Å². The summed E-state index contributed by atoms with van der Waals surface area (Å²) in [6, 6.07) is 15.0. The Kier molecular flexibility index (Phi) is 5.27. The topological polar surface area (TPSA) is 41.5 Å². The van der Waals surface area contributed by atoms with E-state index in [4.69, 9.17) is 16.3 Å². The highest BCUT2D eigenvalue weighted by molar-refractivity contribution is 6.30. The zero-order valence-electron chi connectivity index (χ0n) is 11.3. The zero-order chi connectivity index (χ0) is 14.4. The van der Waals surface area contributed by atoms with E-state index in [-0.39, 0.29) is 12.6 Å². The van der Waals surface area contributed by atoms with Crippen LogP contribution in [-0.2, 0) is 0 Å². The number of hydrogen-bond acceptors (Lipinski definition) is 3. The van der Waals surface area contributed by atoms with Crippen molar-refractivity contribution >= 4 is 17.3 Å². The van der Waals surface area contributed by atoms with Crippen LogP contribution in [0.1, 0.15) is 18.5 Å². The van der Waals surface area contributed by atoms with E-state index < -0.39 is 0 Å². The Labute approximate surface area is 124 Å². The van der Waals surface area contributed by atoms with E-state index in [1.165, 1.54) is 0 Å². The summed E-state index contributed by atoms with van der Waals surface area (Å²) in [4.78, 5) is 0. The molecule has 2 aromatic rings. The summed E-state index contributed by atoms with van der Waals surface area (Å²) < 4.78 is 5.41. The second-order valence-corrected chi connectivity index (χ2v) is 4.83. The van der Waals surface area contributed by atoms with Crippen molar-refractivity contribution in [3.05, 3.63) is 59.1 Å². The molecule has 1 unspecified atom stereocenters. The van der Waals surface area contributed by atoms with Crippen molar-refractivity contribution in [3.8, 4) is 5.75 Å². The molecule has 0 spiro atoms. The molecule has 20 heavy (non-hydrogen) atoms. The molecule has 0 aliphatic rings. The van der Waals surface area contributed by atoms with Crippen LogP contribution in [0.2, 0.25) is 5.02 Å². The summed E-state index contributed by atoms with van der Waals surface area (Å²) in [6.45, 7) is 2.59. The Balaban J connectivity index is 2.11. The van der Waals surface area contributed by atoms with Gasteiger partial charge < -0.3 is 15.2 Å². The molecule has 0 radical (unpaired) electrons. The number of ether oxygens (including phenoxy) is 1. The Morgan fingerprint density at radius 3 is 2.55 bits per heavy atom. The van der Waals surface area contributed by atoms with E-state index in [2.05, 4.69) is 5.32 Å². The molecule has 0 saturated heterocycles. The fourth-order valence-corrected chi connectivity index (χ4v) is 2.17. The van der Waals surface area contributed by atoms with Gasteiger partial charge in [-0.25, -0.2) is 0 Å². The van der Waals surface area contributed by atoms with Gasteiger partial charge in [0, 0.05) is 10.7 Å². The van der Waals surface area contributed by atoms with Gasteiger partial charge >= 0.3 is 0 Å². The molecule has 0 aliphatic carbocycles. The molecule has 1 atom stereocenters. The van der Waals surface area contributed by atoms with Gasteiger partial charge in [-0.05, 0) is 42.8 Å². The van der Waals surface area contributed by atoms with Crippen LogP contribution in [0.25, 0.3) is 0 Å². The van der Waals surface area contributed by atoms with E-state index in [1.807, 2.05) is 55.5 Å². The Hall–Kier alpha value is -1.71. The van der Waals surface area contributed by atoms with E-state index in [0.717, 1.165) is 17.0 Å². The van der Waals surface area contributed by atoms with Gasteiger partial charge in [0.2, 0.25) is 0 Å². The van der Waals surface area contributed by atoms with Gasteiger partial charge in [0.05, 0.1) is 19.3 Å². The van der Waals surface area contributed by atoms with E-state index in [1.54, 1.807) is 0 Å². The van der Waals surface area contributed by atoms with Crippen LogP contribution in [0, 0.1) is 0 Å². The predicted molar refractivity (Wildman–Crippen MR) is 82.5 cm³/mol. The lowest BCUT2D eigenvalue weighted by atomic mass is 10.1. The van der Waals surface area contributed by atoms with Gasteiger partial charge in [0.25, 0.3) is 0 Å². The molecular weight excluding hydrogens is 274 g/mol. The minimum atomic E-state index is -0.177. The monoisotopic (exact) mass is 291 g/mol. The number of aliphatic hydroxyl groups excluding tert-OH is 1. The quantitative estimate of drug-likeness (QED) is 0.848. The lowest BCUT2D eigenvalue weighted by Gasteiger charge is -2.18. The third kappa shape index (κ3) is 3.89. The van der Waals surface area contributed by atoms with Crippen molar-refractivity contribution in [2.24, 2.45) is 0 Å². The minimum Gasteiger partial charge on any atom is -0.494 e. The minimum absolute atomic E-state index is 0.000491. The predicted octanol–water partition coefficient (Wildman–Crippen LogP) is 3.88. The maximum absolute atomic E-state index is 9.56. The first-order chi connectivity index (χ1) is 9.72. The van der Waals surface area contributed by atoms with Crippen LogP contribution in [0.5, 0.6) is 5.75 Å². The highest BCUT2D eigenvalue weighted by atomic mass is 35.5. The molecule has 0 fully saturated rings. The SMILES string of the molecule is CCOc1ccc(C(CO)Nc2cccc(Cl)c2)cc1. The van der Waals surface area contributed by atoms with E-state index >= 15 is 0 Å². The van der Waals surface area contributed by atoms with Crippen molar-refractivity contribution in [3.63, 3.8) is 0 Å². The van der Waals surface area contributed by atoms with Crippen molar-refractivity contribution in [1.82, 2.24) is 0 Å². The number of rotatable bonds is 6. The fourth-order valence-electron chi connectivity index (χ4n) is 1.98. The van der Waals surface area contributed by atoms with Gasteiger partial charge in [0.15, 0.2) is 0 Å². The van der Waals surface area contributed by atoms with Crippen molar-refractivity contribution < 1.29 is 9.84 Å². The van der Waals surface area contributed by atoms with Gasteiger partial charge in [-0.2, -0.15) is 0 Å². The average Bonchev–Trinajstić information content (AvgIpc) is 2.46. The first kappa shape index (κ1) is 14.7. The molecule has 0 saturated carbocycles. The molecule has 2 N–H and O–H groups in total. The molecule has 3 nitrogen and oxygen atoms in total. The first-order valence-corrected chi connectivity index (χ1v) is 6.96. The maximum Gasteiger partial charge on any atom is 0.119 e. The normalized spacial score (nSPS) is 11.9. The smallest absolute Gasteiger partial charge is 0.119 e. The highest BCUT2D eigenvalue weighted by Gasteiger charge is 2.10. The lowest BCUT2D eigenvalue weighted by Crippen LogP contribution is -2.14. The number of anilines is 1. The summed E-state index contributed by atoms with van der Waals surface area (Å²) in [5, 5.41) is 13.5. The maximum atomic E-state index is 9.56. The van der Waals surface area contributed by atoms with Crippen LogP contribution in [0.15, 0.2) is 48.5 Å². The number of benzene rings is 2. The van der Waals surface area contributed by atoms with E-state index in [9.17, 15) is 5.11 Å². The number of hydrogen-bond donors (Lipinski definition) is 2. The third-order valence-electron chi connectivity index (χ3n) is 2.94. The van der Waals surface area contributed by atoms with Crippen LogP contribution in [0.3, 0.4) is 0 Å². The largest absolute Gasteiger partial charge is 0.494 e. The molecule has 0 amide bonds. The lowest BCUT2D eigenvalue weighted by molar-refractivity contribution is 0.276. The second kappa shape index (κ2) is 7.17. The summed E-state index contributed by atoms with van der Waals surface area (Å²) in [6.07, 6.45) is 0. The van der Waals surface area contributed by atoms with Crippen molar-refractivity contribution in [1.29, 1.82) is 0 Å². The van der Waals surface area contributed by atoms with Gasteiger partial charge in [0.1, 0.15) is 5.75 Å². The standard InChI is InChI=1S/C16H18ClNO2/c1-2-20-15-8-6-12(7-9-15)16(11-19)18-14-5-3-4-13(17)10-14/h3-10,16,18-19H,2,11H2,1H3. The van der Waals surface area contributed by atoms with E-state index in [0.29, 0.717) is 11.6 Å². The number of halogens is 1. The van der Waals surface area contributed by atoms with Crippen LogP contribution < -0.4 is 10.1 Å². The van der Waals surface area contributed by atoms with Crippen molar-refractivity contribution in [2.75, 3.05) is 18.5 Å². The summed E-state index contributed by atoms with van der Waals surface area (Å²) >= 11 is 5.95. The zero-order valence-corrected chi connectivity index (χ0v) is 12.1. The molecule has 2 aromatic carbocycles. The molecule has 0 aliphatic heterocycles. The summed E-state index contributed by atoms with van der Waals surface area (Å²) in [5.74, 6) is 0.829. The molecular formula is C16H18ClNO2. The molecule has 0 aromatic heterocycles. The van der Waals surface area contributed by atoms with Crippen molar-refractivity contribution in [2.45, 2.75) is 13.0 Å². The Bertz CT molecular complexity index is 542. The Morgan fingerprint density at radius 2 is 1.95 bits per heavy atom. The Morgan fingerprint density at radius 1 is 1.20 bits per heavy atom. The number of nitrogens with one attached hydrogen (secondary N) is 1. The fraction of sp³-hybridized carbons (Fsp3) is 0.250. The van der Waals surface area contributed by atoms with Crippen LogP contribution in [-0.4, -0.2) is 18.3 Å². The van der Waals surface area contributed by atoms with Gasteiger partial charge in [-0.1, -0.05) is 29.8 Å². The average molecular weight is 292 g/mol. The molecule has 106 valence electrons. The molecule has 0 heterocycles. The molecule has 0 bridgehead atoms. The van der Waals surface area contributed by atoms with Gasteiger partial charge in [-0.15, -0.1) is 0 Å². The number of aliphatic hydroxyl groups is 1. The van der Waals surface area contributed by atoms with Crippen LogP contribution in [0.4, 0.5) is 5.69 Å². The summed E-state index contributed by atoms with van der Waals surface area (Å²) in [5.41, 5.74) is 1.88. The summed E-state index contributed by atoms with van der Waals surface area (Å²) in [7, 11) is 0. The van der Waals surface area contributed by atoms with Crippen LogP contribution >= 0.6 is 11.6 Å². The molecule has 2 rings (SSSR count). The first-order valence-electron chi connectivity index (χ1n) is 6.58. The molecule has 4 heteroatoms. The third-order valence-corrected chi connectivity index (χ3v) is 3.18. The highest BCUT2D eigenvalue weighted by Crippen LogP contribution is 2.23. The second-order valence-electron chi connectivity index (χ2n) is 4.39.